The molecule has 4 aromatic rings. The van der Waals surface area contributed by atoms with Crippen LogP contribution in [0.3, 0.4) is 0 Å². The molecule has 0 atom stereocenters. The van der Waals surface area contributed by atoms with Gasteiger partial charge in [-0.1, -0.05) is 54.6 Å². The summed E-state index contributed by atoms with van der Waals surface area (Å²) in [6.45, 7) is 4.41. The Morgan fingerprint density at radius 3 is 2.34 bits per heavy atom. The Balaban J connectivity index is 1.51. The average molecular weight is 460 g/mol. The van der Waals surface area contributed by atoms with Crippen molar-refractivity contribution >= 4 is 33.7 Å². The van der Waals surface area contributed by atoms with Crippen LogP contribution in [0.2, 0.25) is 0 Å². The average Bonchev–Trinajstić information content (AvgIpc) is 3.34. The fraction of sp³-hybridized carbons (Fsp3) is 0.161. The monoisotopic (exact) mass is 459 g/mol. The molecule has 0 fully saturated rings. The Bertz CT molecular complexity index is 1610. The zero-order valence-electron chi connectivity index (χ0n) is 20.4. The number of carbonyl (C=O) groups is 1. The second-order valence-electron chi connectivity index (χ2n) is 9.65. The van der Waals surface area contributed by atoms with E-state index in [0.29, 0.717) is 16.9 Å². The lowest BCUT2D eigenvalue weighted by atomic mass is 9.77. The van der Waals surface area contributed by atoms with E-state index < -0.39 is 0 Å². The Morgan fingerprint density at radius 2 is 1.60 bits per heavy atom. The minimum Gasteiger partial charge on any atom is -0.495 e. The number of ether oxygens (including phenoxy) is 1. The summed E-state index contributed by atoms with van der Waals surface area (Å²) < 4.78 is 10.2. The number of rotatable bonds is 4. The van der Waals surface area contributed by atoms with Crippen LogP contribution in [0.15, 0.2) is 102 Å². The molecule has 3 aromatic carbocycles. The third-order valence-corrected chi connectivity index (χ3v) is 7.38. The van der Waals surface area contributed by atoms with Gasteiger partial charge in [-0.05, 0) is 32.0 Å². The van der Waals surface area contributed by atoms with E-state index >= 15 is 0 Å². The number of para-hydroxylation sites is 3. The summed E-state index contributed by atoms with van der Waals surface area (Å²) in [5, 5.41) is 1.03. The number of allylic oxidation sites excluding steroid dienone is 3. The first-order chi connectivity index (χ1) is 16.9. The van der Waals surface area contributed by atoms with E-state index in [0.717, 1.165) is 27.9 Å². The van der Waals surface area contributed by atoms with Crippen LogP contribution in [0, 0.1) is 0 Å². The quantitative estimate of drug-likeness (QED) is 0.269. The van der Waals surface area contributed by atoms with E-state index in [9.17, 15) is 4.79 Å². The van der Waals surface area contributed by atoms with Gasteiger partial charge in [0.05, 0.1) is 29.2 Å². The maximum Gasteiger partial charge on any atom is 0.209 e. The number of ketones is 1. The Hall–Kier alpha value is -4.18. The van der Waals surface area contributed by atoms with Gasteiger partial charge in [0, 0.05) is 40.5 Å². The van der Waals surface area contributed by atoms with Crippen LogP contribution in [0.4, 0.5) is 5.69 Å². The summed E-state index contributed by atoms with van der Waals surface area (Å²) in [6, 6.07) is 26.8. The fourth-order valence-corrected chi connectivity index (χ4v) is 5.58. The van der Waals surface area contributed by atoms with Crippen LogP contribution in [-0.2, 0) is 14.9 Å². The lowest BCUT2D eigenvalue weighted by Gasteiger charge is -2.25. The summed E-state index contributed by atoms with van der Waals surface area (Å²) in [4.78, 5) is 13.7. The normalized spacial score (nSPS) is 17.8. The van der Waals surface area contributed by atoms with Gasteiger partial charge in [0.1, 0.15) is 12.8 Å². The molecule has 0 N–H and O–H groups in total. The van der Waals surface area contributed by atoms with E-state index in [-0.39, 0.29) is 11.2 Å². The summed E-state index contributed by atoms with van der Waals surface area (Å²) in [7, 11) is 3.71. The molecule has 4 heteroatoms. The summed E-state index contributed by atoms with van der Waals surface area (Å²) in [5.41, 5.74) is 7.58. The van der Waals surface area contributed by atoms with Gasteiger partial charge in [0.25, 0.3) is 0 Å². The van der Waals surface area contributed by atoms with Gasteiger partial charge in [-0.25, -0.2) is 0 Å². The molecule has 0 amide bonds. The van der Waals surface area contributed by atoms with Gasteiger partial charge in [0.15, 0.2) is 5.71 Å². The van der Waals surface area contributed by atoms with Gasteiger partial charge in [0.2, 0.25) is 11.5 Å². The number of hydrogen-bond acceptors (Lipinski definition) is 2. The maximum absolute atomic E-state index is 13.7. The topological polar surface area (TPSA) is 34.2 Å². The van der Waals surface area contributed by atoms with Crippen molar-refractivity contribution in [1.82, 2.24) is 4.57 Å². The molecule has 2 aliphatic rings. The molecule has 172 valence electrons. The van der Waals surface area contributed by atoms with Gasteiger partial charge < -0.3 is 9.30 Å². The second-order valence-corrected chi connectivity index (χ2v) is 9.65. The minimum absolute atomic E-state index is 0.0190. The van der Waals surface area contributed by atoms with E-state index in [4.69, 9.17) is 4.74 Å². The van der Waals surface area contributed by atoms with E-state index in [1.54, 1.807) is 7.11 Å². The van der Waals surface area contributed by atoms with Crippen LogP contribution in [-0.4, -0.2) is 34.8 Å². The maximum atomic E-state index is 13.7. The molecule has 0 unspecified atom stereocenters. The van der Waals surface area contributed by atoms with E-state index in [1.165, 1.54) is 11.3 Å². The number of aromatic nitrogens is 1. The number of hydrogen-bond donors (Lipinski definition) is 0. The minimum atomic E-state index is -0.212. The summed E-state index contributed by atoms with van der Waals surface area (Å²) in [5.74, 6) is 0.670. The third-order valence-electron chi connectivity index (χ3n) is 7.38. The molecule has 1 aliphatic carbocycles. The molecule has 35 heavy (non-hydrogen) atoms. The number of Topliss-reactive ketones (excluding diaryl/α,β-unsaturated/α-hetero) is 1. The summed E-state index contributed by atoms with van der Waals surface area (Å²) in [6.07, 6.45) is 4.07. The second kappa shape index (κ2) is 7.67. The summed E-state index contributed by atoms with van der Waals surface area (Å²) >= 11 is 0. The Labute approximate surface area is 205 Å². The first-order valence-electron chi connectivity index (χ1n) is 11.8. The smallest absolute Gasteiger partial charge is 0.209 e. The molecule has 0 spiro atoms. The lowest BCUT2D eigenvalue weighted by molar-refractivity contribution is -0.401. The molecule has 0 bridgehead atoms. The van der Waals surface area contributed by atoms with E-state index in [1.807, 2.05) is 36.4 Å². The number of methoxy groups -OCH3 is 1. The Kier molecular flexibility index (Phi) is 4.68. The predicted octanol–water partition coefficient (Wildman–Crippen LogP) is 6.20. The highest BCUT2D eigenvalue weighted by atomic mass is 16.5. The Morgan fingerprint density at radius 1 is 0.914 bits per heavy atom. The van der Waals surface area contributed by atoms with Crippen LogP contribution in [0.1, 0.15) is 25.0 Å². The first kappa shape index (κ1) is 21.4. The van der Waals surface area contributed by atoms with E-state index in [2.05, 4.69) is 84.8 Å². The van der Waals surface area contributed by atoms with Crippen LogP contribution in [0.5, 0.6) is 0 Å². The molecule has 0 radical (unpaired) electrons. The van der Waals surface area contributed by atoms with Crippen molar-refractivity contribution in [3.63, 3.8) is 0 Å². The number of fused-ring (bicyclic) bond motifs is 2. The first-order valence-corrected chi connectivity index (χ1v) is 11.8. The highest BCUT2D eigenvalue weighted by Gasteiger charge is 2.46. The van der Waals surface area contributed by atoms with Crippen molar-refractivity contribution in [3.05, 3.63) is 114 Å². The largest absolute Gasteiger partial charge is 0.495 e. The zero-order valence-corrected chi connectivity index (χ0v) is 20.4. The molecular formula is C31H27N2O2+. The zero-order chi connectivity index (χ0) is 24.3. The molecule has 0 saturated carbocycles. The van der Waals surface area contributed by atoms with Gasteiger partial charge >= 0.3 is 0 Å². The lowest BCUT2D eigenvalue weighted by Crippen LogP contribution is -2.30. The van der Waals surface area contributed by atoms with Crippen LogP contribution in [0.25, 0.3) is 22.2 Å². The number of carbonyl (C=O) groups excluding carboxylic acids is 1. The van der Waals surface area contributed by atoms with Gasteiger partial charge in [-0.3, -0.25) is 4.79 Å². The molecule has 6 rings (SSSR count). The van der Waals surface area contributed by atoms with Crippen LogP contribution < -0.4 is 0 Å². The van der Waals surface area contributed by atoms with Crippen molar-refractivity contribution in [3.8, 4) is 5.69 Å². The van der Waals surface area contributed by atoms with Gasteiger partial charge in [-0.2, -0.15) is 4.58 Å². The standard InChI is InChI=1S/C31H27N2O2/c1-31(2)24-15-9-11-17-26(24)32(3)27(31)18-22-29(34)28(30(22)35-4)23-19-33(20-12-6-5-7-13-20)25-16-10-8-14-21(23)25/h5-19H,1-4H3/q+1. The third kappa shape index (κ3) is 2.99. The predicted molar refractivity (Wildman–Crippen MR) is 141 cm³/mol. The van der Waals surface area contributed by atoms with Gasteiger partial charge in [-0.15, -0.1) is 0 Å². The molecular weight excluding hydrogens is 432 g/mol. The van der Waals surface area contributed by atoms with Crippen molar-refractivity contribution in [1.29, 1.82) is 0 Å². The molecule has 1 aliphatic heterocycles. The van der Waals surface area contributed by atoms with Crippen LogP contribution >= 0.6 is 0 Å². The number of nitrogens with zero attached hydrogens (tertiary/aromatic N) is 2. The number of benzene rings is 3. The highest BCUT2D eigenvalue weighted by molar-refractivity contribution is 6.41. The van der Waals surface area contributed by atoms with Crippen molar-refractivity contribution in [2.75, 3.05) is 14.2 Å². The van der Waals surface area contributed by atoms with Crippen molar-refractivity contribution in [2.45, 2.75) is 19.3 Å². The molecule has 4 nitrogen and oxygen atoms in total. The molecule has 1 aromatic heterocycles. The highest BCUT2D eigenvalue weighted by Crippen LogP contribution is 2.44. The van der Waals surface area contributed by atoms with Crippen molar-refractivity contribution < 1.29 is 14.1 Å². The molecule has 2 heterocycles. The SMILES string of the molecule is COC1=C(c2cn(-c3ccccc3)c3ccccc23)C(=O)/C1=C\C1=[N+](C)c2ccccc2C1(C)C. The molecule has 0 saturated heterocycles. The fourth-order valence-electron chi connectivity index (χ4n) is 5.58. The van der Waals surface area contributed by atoms with Crippen molar-refractivity contribution in [2.24, 2.45) is 0 Å².